The van der Waals surface area contributed by atoms with Crippen LogP contribution in [-0.2, 0) is 11.3 Å². The molecule has 1 aromatic heterocycles. The second kappa shape index (κ2) is 8.75. The van der Waals surface area contributed by atoms with Gasteiger partial charge in [0.1, 0.15) is 0 Å². The Morgan fingerprint density at radius 3 is 2.73 bits per heavy atom. The number of anilines is 1. The summed E-state index contributed by atoms with van der Waals surface area (Å²) in [5, 5.41) is 14.9. The SMILES string of the molecule is CCNc1nnc(SC(CC)C(=O)NCc2ccccc2)s1. The van der Waals surface area contributed by atoms with Crippen molar-refractivity contribution in [2.75, 3.05) is 11.9 Å². The van der Waals surface area contributed by atoms with Gasteiger partial charge in [0.2, 0.25) is 11.0 Å². The summed E-state index contributed by atoms with van der Waals surface area (Å²) >= 11 is 2.95. The van der Waals surface area contributed by atoms with E-state index < -0.39 is 0 Å². The Labute approximate surface area is 138 Å². The smallest absolute Gasteiger partial charge is 0.233 e. The average Bonchev–Trinajstić information content (AvgIpc) is 2.99. The summed E-state index contributed by atoms with van der Waals surface area (Å²) < 4.78 is 0.817. The lowest BCUT2D eigenvalue weighted by molar-refractivity contribution is -0.120. The van der Waals surface area contributed by atoms with Crippen LogP contribution in [0.15, 0.2) is 34.7 Å². The van der Waals surface area contributed by atoms with Gasteiger partial charge >= 0.3 is 0 Å². The van der Waals surface area contributed by atoms with Gasteiger partial charge in [0.15, 0.2) is 4.34 Å². The molecule has 2 aromatic rings. The molecule has 7 heteroatoms. The van der Waals surface area contributed by atoms with E-state index in [2.05, 4.69) is 20.8 Å². The van der Waals surface area contributed by atoms with E-state index in [1.54, 1.807) is 0 Å². The van der Waals surface area contributed by atoms with Gasteiger partial charge in [-0.15, -0.1) is 10.2 Å². The van der Waals surface area contributed by atoms with Crippen LogP contribution in [-0.4, -0.2) is 27.9 Å². The van der Waals surface area contributed by atoms with E-state index in [-0.39, 0.29) is 11.2 Å². The van der Waals surface area contributed by atoms with Crippen molar-refractivity contribution in [1.29, 1.82) is 0 Å². The van der Waals surface area contributed by atoms with E-state index in [4.69, 9.17) is 0 Å². The highest BCUT2D eigenvalue weighted by Crippen LogP contribution is 2.30. The number of nitrogens with one attached hydrogen (secondary N) is 2. The summed E-state index contributed by atoms with van der Waals surface area (Å²) in [6.07, 6.45) is 0.751. The van der Waals surface area contributed by atoms with Crippen molar-refractivity contribution in [1.82, 2.24) is 15.5 Å². The Morgan fingerprint density at radius 1 is 1.27 bits per heavy atom. The van der Waals surface area contributed by atoms with E-state index in [0.29, 0.717) is 6.54 Å². The molecule has 0 aliphatic carbocycles. The quantitative estimate of drug-likeness (QED) is 0.725. The minimum Gasteiger partial charge on any atom is -0.360 e. The molecule has 0 aliphatic rings. The predicted molar refractivity (Wildman–Crippen MR) is 92.3 cm³/mol. The number of nitrogens with zero attached hydrogens (tertiary/aromatic N) is 2. The van der Waals surface area contributed by atoms with Crippen LogP contribution in [0.5, 0.6) is 0 Å². The first-order valence-corrected chi connectivity index (χ1v) is 8.98. The molecule has 1 heterocycles. The molecule has 1 atom stereocenters. The van der Waals surface area contributed by atoms with Gasteiger partial charge in [-0.2, -0.15) is 0 Å². The fourth-order valence-corrected chi connectivity index (χ4v) is 3.83. The lowest BCUT2D eigenvalue weighted by atomic mass is 10.2. The maximum atomic E-state index is 12.3. The summed E-state index contributed by atoms with van der Waals surface area (Å²) in [5.41, 5.74) is 1.10. The van der Waals surface area contributed by atoms with Crippen molar-refractivity contribution >= 4 is 34.1 Å². The van der Waals surface area contributed by atoms with Crippen LogP contribution in [0.25, 0.3) is 0 Å². The van der Waals surface area contributed by atoms with Crippen LogP contribution in [0.2, 0.25) is 0 Å². The lowest BCUT2D eigenvalue weighted by Gasteiger charge is -2.13. The minimum absolute atomic E-state index is 0.0385. The molecule has 0 aliphatic heterocycles. The molecule has 1 unspecified atom stereocenters. The third kappa shape index (κ3) is 4.99. The molecular formula is C15H20N4OS2. The standard InChI is InChI=1S/C15H20N4OS2/c1-3-12(21-15-19-18-14(22-15)16-4-2)13(20)17-10-11-8-6-5-7-9-11/h5-9,12H,3-4,10H2,1-2H3,(H,16,18)(H,17,20). The summed E-state index contributed by atoms with van der Waals surface area (Å²) in [7, 11) is 0. The van der Waals surface area contributed by atoms with Gasteiger partial charge in [-0.25, -0.2) is 0 Å². The molecule has 22 heavy (non-hydrogen) atoms. The van der Waals surface area contributed by atoms with Crippen molar-refractivity contribution in [2.45, 2.75) is 36.4 Å². The van der Waals surface area contributed by atoms with Crippen molar-refractivity contribution in [3.05, 3.63) is 35.9 Å². The largest absolute Gasteiger partial charge is 0.360 e. The first-order valence-electron chi connectivity index (χ1n) is 7.28. The van der Waals surface area contributed by atoms with Crippen molar-refractivity contribution in [3.8, 4) is 0 Å². The highest BCUT2D eigenvalue weighted by atomic mass is 32.2. The second-order valence-corrected chi connectivity index (χ2v) is 7.05. The number of benzene rings is 1. The Morgan fingerprint density at radius 2 is 2.05 bits per heavy atom. The van der Waals surface area contributed by atoms with E-state index in [1.165, 1.54) is 23.1 Å². The fraction of sp³-hybridized carbons (Fsp3) is 0.400. The van der Waals surface area contributed by atoms with Gasteiger partial charge < -0.3 is 10.6 Å². The molecule has 0 saturated carbocycles. The number of hydrogen-bond acceptors (Lipinski definition) is 6. The monoisotopic (exact) mass is 336 g/mol. The average molecular weight is 336 g/mol. The van der Waals surface area contributed by atoms with E-state index in [0.717, 1.165) is 28.0 Å². The number of hydrogen-bond donors (Lipinski definition) is 2. The van der Waals surface area contributed by atoms with Crippen molar-refractivity contribution in [2.24, 2.45) is 0 Å². The molecule has 118 valence electrons. The highest BCUT2D eigenvalue weighted by molar-refractivity contribution is 8.02. The van der Waals surface area contributed by atoms with Crippen molar-refractivity contribution < 1.29 is 4.79 Å². The van der Waals surface area contributed by atoms with E-state index in [9.17, 15) is 4.79 Å². The molecule has 0 spiro atoms. The van der Waals surface area contributed by atoms with Crippen LogP contribution in [0.1, 0.15) is 25.8 Å². The Hall–Kier alpha value is -1.60. The Kier molecular flexibility index (Phi) is 6.67. The van der Waals surface area contributed by atoms with Crippen LogP contribution < -0.4 is 10.6 Å². The molecule has 1 aromatic carbocycles. The summed E-state index contributed by atoms with van der Waals surface area (Å²) in [6.45, 7) is 5.38. The van der Waals surface area contributed by atoms with Crippen molar-refractivity contribution in [3.63, 3.8) is 0 Å². The lowest BCUT2D eigenvalue weighted by Crippen LogP contribution is -2.31. The van der Waals surface area contributed by atoms with Gasteiger partial charge in [-0.1, -0.05) is 60.4 Å². The Balaban J connectivity index is 1.88. The maximum Gasteiger partial charge on any atom is 0.233 e. The van der Waals surface area contributed by atoms with Gasteiger partial charge in [0.05, 0.1) is 5.25 Å². The first kappa shape index (κ1) is 16.8. The molecule has 1 amide bonds. The van der Waals surface area contributed by atoms with Crippen LogP contribution in [0.4, 0.5) is 5.13 Å². The highest BCUT2D eigenvalue weighted by Gasteiger charge is 2.19. The summed E-state index contributed by atoms with van der Waals surface area (Å²) in [4.78, 5) is 12.3. The number of aromatic nitrogens is 2. The zero-order chi connectivity index (χ0) is 15.8. The maximum absolute atomic E-state index is 12.3. The Bertz CT molecular complexity index is 588. The molecule has 0 bridgehead atoms. The summed E-state index contributed by atoms with van der Waals surface area (Å²) in [5.74, 6) is 0.0385. The van der Waals surface area contributed by atoms with Crippen LogP contribution in [0.3, 0.4) is 0 Å². The zero-order valence-electron chi connectivity index (χ0n) is 12.7. The minimum atomic E-state index is -0.147. The van der Waals surface area contributed by atoms with Crippen LogP contribution in [0, 0.1) is 0 Å². The van der Waals surface area contributed by atoms with Gasteiger partial charge in [-0.05, 0) is 18.9 Å². The molecule has 0 radical (unpaired) electrons. The number of rotatable bonds is 8. The van der Waals surface area contributed by atoms with Gasteiger partial charge in [0.25, 0.3) is 0 Å². The number of thioether (sulfide) groups is 1. The van der Waals surface area contributed by atoms with E-state index >= 15 is 0 Å². The van der Waals surface area contributed by atoms with Gasteiger partial charge in [-0.3, -0.25) is 4.79 Å². The molecule has 0 fully saturated rings. The number of amides is 1. The molecule has 2 N–H and O–H groups in total. The topological polar surface area (TPSA) is 66.9 Å². The van der Waals surface area contributed by atoms with Gasteiger partial charge in [0, 0.05) is 13.1 Å². The third-order valence-electron chi connectivity index (χ3n) is 2.95. The predicted octanol–water partition coefficient (Wildman–Crippen LogP) is 3.16. The molecule has 0 saturated heterocycles. The normalized spacial score (nSPS) is 11.9. The molecule has 5 nitrogen and oxygen atoms in total. The first-order chi connectivity index (χ1) is 10.7. The molecule has 2 rings (SSSR count). The van der Waals surface area contributed by atoms with E-state index in [1.807, 2.05) is 44.2 Å². The fourth-order valence-electron chi connectivity index (χ4n) is 1.82. The zero-order valence-corrected chi connectivity index (χ0v) is 14.3. The summed E-state index contributed by atoms with van der Waals surface area (Å²) in [6, 6.07) is 9.91. The second-order valence-electron chi connectivity index (χ2n) is 4.62. The number of carbonyl (C=O) groups excluding carboxylic acids is 1. The number of carbonyl (C=O) groups is 1. The molecular weight excluding hydrogens is 316 g/mol. The van der Waals surface area contributed by atoms with Crippen LogP contribution >= 0.6 is 23.1 Å². The third-order valence-corrected chi connectivity index (χ3v) is 5.28.